The SMILES string of the molecule is CS(C)(O[Cl+3]([O-])([O-])[O-])c1csc([N+](=O)[O-])c1. The van der Waals surface area contributed by atoms with Crippen LogP contribution in [0.4, 0.5) is 5.00 Å². The maximum atomic E-state index is 10.4. The standard InChI is InChI=1S/C6H8ClNO6S2/c1-16(2,14-7(9,10)11)5-3-6(8(12)13)15-4-5/h3-4H,1-2H3. The average Bonchev–Trinajstić information content (AvgIpc) is 2.46. The molecule has 0 fully saturated rings. The zero-order valence-corrected chi connectivity index (χ0v) is 10.6. The van der Waals surface area contributed by atoms with E-state index in [1.54, 1.807) is 0 Å². The molecule has 7 nitrogen and oxygen atoms in total. The number of nitro groups is 1. The first kappa shape index (κ1) is 13.6. The molecule has 0 spiro atoms. The molecule has 10 heteroatoms. The van der Waals surface area contributed by atoms with E-state index in [0.29, 0.717) is 4.90 Å². The van der Waals surface area contributed by atoms with Crippen molar-refractivity contribution < 1.29 is 32.9 Å². The molecule has 0 aliphatic carbocycles. The van der Waals surface area contributed by atoms with E-state index in [1.807, 2.05) is 0 Å². The summed E-state index contributed by atoms with van der Waals surface area (Å²) in [6.07, 6.45) is 2.84. The zero-order valence-electron chi connectivity index (χ0n) is 8.25. The number of nitrogens with zero attached hydrogens (tertiary/aromatic N) is 1. The second-order valence-electron chi connectivity index (χ2n) is 3.05. The first-order valence-electron chi connectivity index (χ1n) is 3.70. The summed E-state index contributed by atoms with van der Waals surface area (Å²) in [5, 5.41) is 11.7. The molecule has 1 aromatic rings. The molecular weight excluding hydrogens is 282 g/mol. The zero-order chi connectivity index (χ0) is 12.6. The lowest BCUT2D eigenvalue weighted by Gasteiger charge is -2.25. The third-order valence-electron chi connectivity index (χ3n) is 1.54. The van der Waals surface area contributed by atoms with E-state index < -0.39 is 25.5 Å². The fraction of sp³-hybridized carbons (Fsp3) is 0.333. The van der Waals surface area contributed by atoms with Crippen LogP contribution in [0.3, 0.4) is 0 Å². The topological polar surface area (TPSA) is 122 Å². The van der Waals surface area contributed by atoms with Crippen molar-refractivity contribution >= 4 is 26.6 Å². The molecule has 1 heterocycles. The van der Waals surface area contributed by atoms with Gasteiger partial charge in [-0.25, -0.2) is 0 Å². The number of hydrogen-bond acceptors (Lipinski definition) is 7. The number of thiophene rings is 1. The van der Waals surface area contributed by atoms with Crippen LogP contribution in [0.25, 0.3) is 0 Å². The molecule has 0 amide bonds. The summed E-state index contributed by atoms with van der Waals surface area (Å²) in [7, 11) is -6.88. The molecule has 1 aromatic heterocycles. The Morgan fingerprint density at radius 1 is 1.44 bits per heavy atom. The molecule has 0 atom stereocenters. The van der Waals surface area contributed by atoms with Crippen molar-refractivity contribution in [3.63, 3.8) is 0 Å². The van der Waals surface area contributed by atoms with Gasteiger partial charge in [-0.05, 0) is 0 Å². The molecule has 16 heavy (non-hydrogen) atoms. The van der Waals surface area contributed by atoms with Gasteiger partial charge < -0.3 is 0 Å². The summed E-state index contributed by atoms with van der Waals surface area (Å²) in [6.45, 7) is 0. The van der Waals surface area contributed by atoms with Crippen LogP contribution in [-0.2, 0) is 3.74 Å². The quantitative estimate of drug-likeness (QED) is 0.513. The summed E-state index contributed by atoms with van der Waals surface area (Å²) in [5.74, 6) is 0. The minimum Gasteiger partial charge on any atom is -0.258 e. The summed E-state index contributed by atoms with van der Waals surface area (Å²) in [6, 6.07) is 1.21. The van der Waals surface area contributed by atoms with Crippen molar-refractivity contribution in [1.82, 2.24) is 0 Å². The van der Waals surface area contributed by atoms with E-state index in [9.17, 15) is 24.1 Å². The molecule has 0 saturated heterocycles. The Bertz CT molecular complexity index is 400. The van der Waals surface area contributed by atoms with Gasteiger partial charge in [-0.2, -0.15) is 14.0 Å². The summed E-state index contributed by atoms with van der Waals surface area (Å²) in [5.41, 5.74) is 0. The first-order chi connectivity index (χ1) is 7.12. The maximum Gasteiger partial charge on any atom is 0.325 e. The maximum absolute atomic E-state index is 10.4. The Kier molecular flexibility index (Phi) is 3.80. The third kappa shape index (κ3) is 3.56. The van der Waals surface area contributed by atoms with Gasteiger partial charge in [0.1, 0.15) is 3.74 Å². The third-order valence-corrected chi connectivity index (χ3v) is 5.82. The van der Waals surface area contributed by atoms with Gasteiger partial charge in [0.05, 0.1) is 15.2 Å². The molecule has 92 valence electrons. The first-order valence-corrected chi connectivity index (χ1v) is 8.19. The van der Waals surface area contributed by atoms with Gasteiger partial charge in [0.2, 0.25) is 0 Å². The second-order valence-corrected chi connectivity index (χ2v) is 8.14. The lowest BCUT2D eigenvalue weighted by Crippen LogP contribution is -2.61. The van der Waals surface area contributed by atoms with Crippen LogP contribution in [0, 0.1) is 20.4 Å². The minimum absolute atomic E-state index is 0.126. The number of hydrogen-bond donors (Lipinski definition) is 0. The fourth-order valence-corrected chi connectivity index (χ4v) is 4.85. The van der Waals surface area contributed by atoms with Gasteiger partial charge in [0.15, 0.2) is 0 Å². The summed E-state index contributed by atoms with van der Waals surface area (Å²) in [4.78, 5) is 10.2. The highest BCUT2D eigenvalue weighted by molar-refractivity contribution is 8.28. The van der Waals surface area contributed by atoms with Gasteiger partial charge in [-0.1, -0.05) is 11.3 Å². The van der Waals surface area contributed by atoms with E-state index in [4.69, 9.17) is 0 Å². The number of halogens is 1. The molecule has 0 aliphatic heterocycles. The smallest absolute Gasteiger partial charge is 0.258 e. The summed E-state index contributed by atoms with van der Waals surface area (Å²) < 4.78 is 35.7. The Labute approximate surface area is 98.7 Å². The molecule has 0 radical (unpaired) electrons. The van der Waals surface area contributed by atoms with Gasteiger partial charge in [-0.15, -0.1) is 0 Å². The lowest BCUT2D eigenvalue weighted by molar-refractivity contribution is -1.91. The Morgan fingerprint density at radius 2 is 2.00 bits per heavy atom. The molecule has 1 rings (SSSR count). The van der Waals surface area contributed by atoms with E-state index in [0.717, 1.165) is 11.3 Å². The Hall–Kier alpha value is -0.420. The van der Waals surface area contributed by atoms with Crippen molar-refractivity contribution in [2.45, 2.75) is 4.90 Å². The van der Waals surface area contributed by atoms with Crippen molar-refractivity contribution in [2.75, 3.05) is 12.5 Å². The molecular formula is C6H8ClNO6S2. The molecule has 0 N–H and O–H groups in total. The van der Waals surface area contributed by atoms with E-state index in [2.05, 4.69) is 3.74 Å². The average molecular weight is 290 g/mol. The second kappa shape index (κ2) is 4.45. The fourth-order valence-electron chi connectivity index (χ4n) is 0.891. The van der Waals surface area contributed by atoms with Crippen LogP contribution in [0.1, 0.15) is 0 Å². The van der Waals surface area contributed by atoms with Gasteiger partial charge >= 0.3 is 5.00 Å². The van der Waals surface area contributed by atoms with Crippen molar-refractivity contribution in [3.05, 3.63) is 21.6 Å². The predicted octanol–water partition coefficient (Wildman–Crippen LogP) is -1.09. The molecule has 0 aromatic carbocycles. The van der Waals surface area contributed by atoms with Crippen LogP contribution in [0.15, 0.2) is 16.3 Å². The lowest BCUT2D eigenvalue weighted by atomic mass is 10.6. The molecule has 0 unspecified atom stereocenters. The monoisotopic (exact) mass is 289 g/mol. The predicted molar refractivity (Wildman–Crippen MR) is 49.8 cm³/mol. The summed E-state index contributed by atoms with van der Waals surface area (Å²) >= 11 is 0.852. The van der Waals surface area contributed by atoms with Crippen molar-refractivity contribution in [1.29, 1.82) is 0 Å². The normalized spacial score (nSPS) is 13.8. The van der Waals surface area contributed by atoms with E-state index in [-0.39, 0.29) is 5.00 Å². The van der Waals surface area contributed by atoms with Crippen molar-refractivity contribution in [3.8, 4) is 0 Å². The highest BCUT2D eigenvalue weighted by Gasteiger charge is 2.35. The van der Waals surface area contributed by atoms with Crippen LogP contribution < -0.4 is 14.0 Å². The molecule has 0 bridgehead atoms. The molecule has 0 aliphatic rings. The largest absolute Gasteiger partial charge is 0.325 e. The van der Waals surface area contributed by atoms with Crippen LogP contribution in [-0.4, -0.2) is 17.4 Å². The van der Waals surface area contributed by atoms with Gasteiger partial charge in [0, 0.05) is 39.2 Å². The van der Waals surface area contributed by atoms with Crippen LogP contribution in [0.5, 0.6) is 0 Å². The van der Waals surface area contributed by atoms with Gasteiger partial charge in [-0.3, -0.25) is 10.1 Å². The van der Waals surface area contributed by atoms with Crippen molar-refractivity contribution in [2.24, 2.45) is 0 Å². The Balaban J connectivity index is 2.94. The molecule has 0 saturated carbocycles. The van der Waals surface area contributed by atoms with E-state index >= 15 is 0 Å². The number of rotatable bonds is 4. The highest BCUT2D eigenvalue weighted by atomic mass is 35.7. The van der Waals surface area contributed by atoms with Crippen LogP contribution in [0.2, 0.25) is 0 Å². The Morgan fingerprint density at radius 3 is 2.38 bits per heavy atom. The minimum atomic E-state index is -4.54. The van der Waals surface area contributed by atoms with E-state index in [1.165, 1.54) is 24.0 Å². The van der Waals surface area contributed by atoms with Crippen LogP contribution >= 0.6 is 21.6 Å². The van der Waals surface area contributed by atoms with Gasteiger partial charge in [0.25, 0.3) is 0 Å². The highest BCUT2D eigenvalue weighted by Crippen LogP contribution is 2.53.